The first-order chi connectivity index (χ1) is 15.2. The van der Waals surface area contributed by atoms with Gasteiger partial charge in [-0.1, -0.05) is 12.1 Å². The van der Waals surface area contributed by atoms with E-state index in [9.17, 15) is 28.4 Å². The molecule has 2 aromatic rings. The smallest absolute Gasteiger partial charge is 0.284 e. The number of aromatic hydroxyl groups is 1. The number of nitro benzene ring substituents is 1. The predicted octanol–water partition coefficient (Wildman–Crippen LogP) is 3.16. The second kappa shape index (κ2) is 9.24. The molecule has 1 heterocycles. The number of amidine groups is 1. The number of carbonyl (C=O) groups is 1. The van der Waals surface area contributed by atoms with Crippen LogP contribution in [0.2, 0.25) is 0 Å². The van der Waals surface area contributed by atoms with Crippen molar-refractivity contribution in [3.8, 4) is 11.5 Å². The van der Waals surface area contributed by atoms with E-state index in [0.717, 1.165) is 40.9 Å². The number of carbonyl (C=O) groups excluding carboxylic acids is 1. The fourth-order valence-corrected chi connectivity index (χ4v) is 4.89. The molecule has 1 aliphatic heterocycles. The second-order valence-electron chi connectivity index (χ2n) is 6.35. The maximum atomic E-state index is 12.8. The molecule has 0 aromatic heterocycles. The van der Waals surface area contributed by atoms with Crippen LogP contribution in [0.1, 0.15) is 5.56 Å². The fourth-order valence-electron chi connectivity index (χ4n) is 2.70. The SMILES string of the molecule is C=CCN1C(=O)/C(=C/c2ccc(O)c(OC)c2)SC1=NS(=O)(=O)c1ccc([N+](=O)[O-])cc1. The van der Waals surface area contributed by atoms with Crippen LogP contribution in [0.5, 0.6) is 11.5 Å². The highest BCUT2D eigenvalue weighted by Crippen LogP contribution is 2.35. The molecule has 0 bridgehead atoms. The zero-order valence-electron chi connectivity index (χ0n) is 16.7. The monoisotopic (exact) mass is 475 g/mol. The van der Waals surface area contributed by atoms with Gasteiger partial charge in [0.15, 0.2) is 16.7 Å². The van der Waals surface area contributed by atoms with E-state index < -0.39 is 20.9 Å². The fraction of sp³-hybridized carbons (Fsp3) is 0.100. The molecule has 1 saturated heterocycles. The van der Waals surface area contributed by atoms with E-state index in [4.69, 9.17) is 4.74 Å². The first-order valence-corrected chi connectivity index (χ1v) is 11.2. The lowest BCUT2D eigenvalue weighted by Gasteiger charge is -2.12. The maximum Gasteiger partial charge on any atom is 0.284 e. The Labute approximate surface area is 187 Å². The summed E-state index contributed by atoms with van der Waals surface area (Å²) < 4.78 is 34.3. The minimum atomic E-state index is -4.24. The molecular formula is C20H17N3O7S2. The number of phenolic OH excluding ortho intramolecular Hbond substituents is 1. The number of benzene rings is 2. The molecule has 0 radical (unpaired) electrons. The van der Waals surface area contributed by atoms with Gasteiger partial charge < -0.3 is 9.84 Å². The first kappa shape index (κ1) is 23.0. The van der Waals surface area contributed by atoms with Crippen molar-refractivity contribution in [2.75, 3.05) is 13.7 Å². The topological polar surface area (TPSA) is 139 Å². The van der Waals surface area contributed by atoms with E-state index in [0.29, 0.717) is 5.56 Å². The van der Waals surface area contributed by atoms with Crippen LogP contribution in [0.25, 0.3) is 6.08 Å². The van der Waals surface area contributed by atoms with Crippen molar-refractivity contribution in [1.29, 1.82) is 0 Å². The normalized spacial score (nSPS) is 16.5. The van der Waals surface area contributed by atoms with Gasteiger partial charge in [0.05, 0.1) is 21.8 Å². The zero-order valence-corrected chi connectivity index (χ0v) is 18.3. The molecule has 32 heavy (non-hydrogen) atoms. The Morgan fingerprint density at radius 3 is 2.56 bits per heavy atom. The lowest BCUT2D eigenvalue weighted by atomic mass is 10.2. The number of ether oxygens (including phenoxy) is 1. The van der Waals surface area contributed by atoms with Crippen molar-refractivity contribution in [3.05, 3.63) is 75.7 Å². The summed E-state index contributed by atoms with van der Waals surface area (Å²) in [5.74, 6) is -0.322. The number of hydrogen-bond donors (Lipinski definition) is 1. The average Bonchev–Trinajstić information content (AvgIpc) is 3.03. The number of amides is 1. The largest absolute Gasteiger partial charge is 0.504 e. The molecule has 2 aromatic carbocycles. The van der Waals surface area contributed by atoms with Crippen LogP contribution in [0.3, 0.4) is 0 Å². The molecule has 10 nitrogen and oxygen atoms in total. The zero-order chi connectivity index (χ0) is 23.5. The third kappa shape index (κ3) is 4.81. The van der Waals surface area contributed by atoms with Crippen molar-refractivity contribution in [1.82, 2.24) is 4.90 Å². The van der Waals surface area contributed by atoms with Crippen LogP contribution in [0.15, 0.2) is 69.3 Å². The lowest BCUT2D eigenvalue weighted by Crippen LogP contribution is -2.29. The number of nitro groups is 1. The molecule has 3 rings (SSSR count). The van der Waals surface area contributed by atoms with Gasteiger partial charge in [-0.25, -0.2) is 0 Å². The summed E-state index contributed by atoms with van der Waals surface area (Å²) in [7, 11) is -2.85. The van der Waals surface area contributed by atoms with Crippen molar-refractivity contribution in [2.24, 2.45) is 4.40 Å². The van der Waals surface area contributed by atoms with Gasteiger partial charge in [-0.05, 0) is 47.7 Å². The van der Waals surface area contributed by atoms with Crippen molar-refractivity contribution >= 4 is 44.6 Å². The predicted molar refractivity (Wildman–Crippen MR) is 120 cm³/mol. The Balaban J connectivity index is 1.98. The summed E-state index contributed by atoms with van der Waals surface area (Å²) in [6, 6.07) is 8.78. The summed E-state index contributed by atoms with van der Waals surface area (Å²) in [5, 5.41) is 20.4. The molecule has 0 spiro atoms. The van der Waals surface area contributed by atoms with Crippen LogP contribution in [0, 0.1) is 10.1 Å². The van der Waals surface area contributed by atoms with E-state index in [1.54, 1.807) is 6.07 Å². The molecule has 0 atom stereocenters. The number of rotatable bonds is 7. The average molecular weight is 476 g/mol. The van der Waals surface area contributed by atoms with Crippen LogP contribution < -0.4 is 4.74 Å². The Bertz CT molecular complexity index is 1250. The van der Waals surface area contributed by atoms with Gasteiger partial charge >= 0.3 is 0 Å². The Morgan fingerprint density at radius 2 is 1.97 bits per heavy atom. The number of thioether (sulfide) groups is 1. The number of nitrogens with zero attached hydrogens (tertiary/aromatic N) is 3. The first-order valence-electron chi connectivity index (χ1n) is 8.95. The Hall–Kier alpha value is -3.64. The highest BCUT2D eigenvalue weighted by Gasteiger charge is 2.34. The van der Waals surface area contributed by atoms with Gasteiger partial charge in [-0.15, -0.1) is 11.0 Å². The molecule has 1 aliphatic rings. The Kier molecular flexibility index (Phi) is 6.65. The number of phenols is 1. The molecular weight excluding hydrogens is 458 g/mol. The van der Waals surface area contributed by atoms with Gasteiger partial charge in [0.1, 0.15) is 0 Å². The highest BCUT2D eigenvalue weighted by molar-refractivity contribution is 8.19. The van der Waals surface area contributed by atoms with Crippen molar-refractivity contribution < 1.29 is 28.0 Å². The summed E-state index contributed by atoms with van der Waals surface area (Å²) in [6.07, 6.45) is 2.95. The van der Waals surface area contributed by atoms with Gasteiger partial charge in [-0.2, -0.15) is 8.42 Å². The molecule has 0 aliphatic carbocycles. The molecule has 166 valence electrons. The van der Waals surface area contributed by atoms with E-state index in [-0.39, 0.29) is 38.7 Å². The second-order valence-corrected chi connectivity index (χ2v) is 8.96. The van der Waals surface area contributed by atoms with Crippen molar-refractivity contribution in [3.63, 3.8) is 0 Å². The van der Waals surface area contributed by atoms with Crippen LogP contribution in [0.4, 0.5) is 5.69 Å². The number of hydrogen-bond acceptors (Lipinski definition) is 8. The van der Waals surface area contributed by atoms with Crippen molar-refractivity contribution in [2.45, 2.75) is 4.90 Å². The summed E-state index contributed by atoms with van der Waals surface area (Å²) in [6.45, 7) is 3.60. The van der Waals surface area contributed by atoms with Gasteiger partial charge in [-0.3, -0.25) is 19.8 Å². The van der Waals surface area contributed by atoms with E-state index in [1.165, 1.54) is 31.4 Å². The highest BCUT2D eigenvalue weighted by atomic mass is 32.2. The van der Waals surface area contributed by atoms with E-state index >= 15 is 0 Å². The van der Waals surface area contributed by atoms with Crippen LogP contribution >= 0.6 is 11.8 Å². The number of non-ortho nitro benzene ring substituents is 1. The molecule has 0 unspecified atom stereocenters. The molecule has 0 saturated carbocycles. The molecule has 1 N–H and O–H groups in total. The third-order valence-corrected chi connectivity index (χ3v) is 6.65. The van der Waals surface area contributed by atoms with Gasteiger partial charge in [0, 0.05) is 18.7 Å². The van der Waals surface area contributed by atoms with Crippen LogP contribution in [-0.4, -0.2) is 48.1 Å². The summed E-state index contributed by atoms with van der Waals surface area (Å²) in [5.41, 5.74) is 0.290. The lowest BCUT2D eigenvalue weighted by molar-refractivity contribution is -0.384. The summed E-state index contributed by atoms with van der Waals surface area (Å²) >= 11 is 0.858. The molecule has 1 amide bonds. The molecule has 1 fully saturated rings. The summed E-state index contributed by atoms with van der Waals surface area (Å²) in [4.78, 5) is 24.1. The van der Waals surface area contributed by atoms with Crippen LogP contribution in [-0.2, 0) is 14.8 Å². The minimum absolute atomic E-state index is 0.0245. The molecule has 12 heteroatoms. The van der Waals surface area contributed by atoms with E-state index in [1.807, 2.05) is 0 Å². The number of sulfonamides is 1. The van der Waals surface area contributed by atoms with E-state index in [2.05, 4.69) is 11.0 Å². The van der Waals surface area contributed by atoms with Gasteiger partial charge in [0.25, 0.3) is 21.6 Å². The van der Waals surface area contributed by atoms with Gasteiger partial charge in [0.2, 0.25) is 0 Å². The standard InChI is InChI=1S/C20H17N3O7S2/c1-3-10-22-19(25)18(12-13-4-9-16(24)17(11-13)30-2)31-20(22)21-32(28,29)15-7-5-14(6-8-15)23(26)27/h3-9,11-12,24H,1,10H2,2H3/b18-12-,21-20?. The Morgan fingerprint density at radius 1 is 1.28 bits per heavy atom. The third-order valence-electron chi connectivity index (χ3n) is 4.24. The quantitative estimate of drug-likeness (QED) is 0.279. The number of methoxy groups -OCH3 is 1. The minimum Gasteiger partial charge on any atom is -0.504 e. The maximum absolute atomic E-state index is 12.8.